The van der Waals surface area contributed by atoms with E-state index in [-0.39, 0.29) is 16.9 Å². The summed E-state index contributed by atoms with van der Waals surface area (Å²) in [6.45, 7) is 2.58. The van der Waals surface area contributed by atoms with Gasteiger partial charge in [-0.3, -0.25) is 4.57 Å². The number of thioether (sulfide) groups is 1. The standard InChI is InChI=1S/C18H19F3N6O2S/c1-12-3-2-4-13(9-12)15-22-14(29-25-15)10-30-17-24-23-16(26-5-7-28-8-6-26)27(17)11-18(19,20)21/h2-4,9H,5-8,10-11H2,1H3. The monoisotopic (exact) mass is 440 g/mol. The summed E-state index contributed by atoms with van der Waals surface area (Å²) < 4.78 is 51.1. The van der Waals surface area contributed by atoms with Gasteiger partial charge in [0.2, 0.25) is 17.7 Å². The summed E-state index contributed by atoms with van der Waals surface area (Å²) in [5, 5.41) is 12.1. The summed E-state index contributed by atoms with van der Waals surface area (Å²) >= 11 is 1.07. The van der Waals surface area contributed by atoms with Crippen LogP contribution in [0.5, 0.6) is 0 Å². The molecule has 1 aliphatic rings. The van der Waals surface area contributed by atoms with E-state index in [0.29, 0.717) is 38.0 Å². The molecular formula is C18H19F3N6O2S. The fraction of sp³-hybridized carbons (Fsp3) is 0.444. The van der Waals surface area contributed by atoms with Gasteiger partial charge < -0.3 is 14.2 Å². The van der Waals surface area contributed by atoms with Crippen molar-refractivity contribution in [1.82, 2.24) is 24.9 Å². The van der Waals surface area contributed by atoms with E-state index in [1.165, 1.54) is 0 Å². The maximum Gasteiger partial charge on any atom is 0.406 e. The molecule has 1 aromatic carbocycles. The lowest BCUT2D eigenvalue weighted by molar-refractivity contribution is -0.141. The lowest BCUT2D eigenvalue weighted by atomic mass is 10.1. The highest BCUT2D eigenvalue weighted by Gasteiger charge is 2.33. The number of hydrogen-bond donors (Lipinski definition) is 0. The van der Waals surface area contributed by atoms with Crippen molar-refractivity contribution in [3.8, 4) is 11.4 Å². The zero-order chi connectivity index (χ0) is 21.1. The molecule has 0 bridgehead atoms. The smallest absolute Gasteiger partial charge is 0.378 e. The number of hydrogen-bond acceptors (Lipinski definition) is 8. The molecule has 0 spiro atoms. The van der Waals surface area contributed by atoms with Crippen LogP contribution in [0.15, 0.2) is 33.9 Å². The molecule has 0 saturated carbocycles. The molecule has 12 heteroatoms. The van der Waals surface area contributed by atoms with Crippen LogP contribution in [0.3, 0.4) is 0 Å². The van der Waals surface area contributed by atoms with Gasteiger partial charge >= 0.3 is 6.18 Å². The third kappa shape index (κ3) is 4.93. The molecule has 0 atom stereocenters. The van der Waals surface area contributed by atoms with Crippen LogP contribution >= 0.6 is 11.8 Å². The van der Waals surface area contributed by atoms with E-state index in [0.717, 1.165) is 27.5 Å². The van der Waals surface area contributed by atoms with Gasteiger partial charge in [0.05, 0.1) is 19.0 Å². The molecule has 3 heterocycles. The Hall–Kier alpha value is -2.60. The van der Waals surface area contributed by atoms with E-state index < -0.39 is 12.7 Å². The Kier molecular flexibility index (Phi) is 5.95. The minimum Gasteiger partial charge on any atom is -0.378 e. The number of alkyl halides is 3. The summed E-state index contributed by atoms with van der Waals surface area (Å²) in [6, 6.07) is 7.64. The molecule has 4 rings (SSSR count). The molecule has 1 fully saturated rings. The number of benzene rings is 1. The van der Waals surface area contributed by atoms with Gasteiger partial charge in [0.1, 0.15) is 6.54 Å². The first-order chi connectivity index (χ1) is 14.4. The number of nitrogens with zero attached hydrogens (tertiary/aromatic N) is 6. The lowest BCUT2D eigenvalue weighted by Crippen LogP contribution is -2.38. The highest BCUT2D eigenvalue weighted by Crippen LogP contribution is 2.29. The van der Waals surface area contributed by atoms with Crippen LogP contribution in [-0.2, 0) is 17.0 Å². The average molecular weight is 440 g/mol. The molecule has 2 aromatic heterocycles. The molecule has 0 aliphatic carbocycles. The Labute approximate surface area is 174 Å². The lowest BCUT2D eigenvalue weighted by Gasteiger charge is -2.28. The summed E-state index contributed by atoms with van der Waals surface area (Å²) in [6.07, 6.45) is -4.40. The van der Waals surface area contributed by atoms with Crippen molar-refractivity contribution in [3.05, 3.63) is 35.7 Å². The molecule has 1 aliphatic heterocycles. The third-order valence-corrected chi connectivity index (χ3v) is 5.35. The predicted octanol–water partition coefficient (Wildman–Crippen LogP) is 3.33. The second-order valence-electron chi connectivity index (χ2n) is 6.75. The van der Waals surface area contributed by atoms with Crippen LogP contribution in [0.4, 0.5) is 19.1 Å². The number of aromatic nitrogens is 5. The Morgan fingerprint density at radius 2 is 1.97 bits per heavy atom. The molecule has 0 radical (unpaired) electrons. The van der Waals surface area contributed by atoms with Gasteiger partial charge in [-0.2, -0.15) is 18.2 Å². The highest BCUT2D eigenvalue weighted by molar-refractivity contribution is 7.98. The highest BCUT2D eigenvalue weighted by atomic mass is 32.2. The van der Waals surface area contributed by atoms with Crippen molar-refractivity contribution in [2.24, 2.45) is 0 Å². The van der Waals surface area contributed by atoms with Crippen LogP contribution in [-0.4, -0.2) is 57.4 Å². The van der Waals surface area contributed by atoms with Gasteiger partial charge in [0.15, 0.2) is 5.16 Å². The van der Waals surface area contributed by atoms with Gasteiger partial charge in [0.25, 0.3) is 0 Å². The van der Waals surface area contributed by atoms with E-state index in [4.69, 9.17) is 9.26 Å². The number of aryl methyl sites for hydroxylation is 1. The predicted molar refractivity (Wildman–Crippen MR) is 103 cm³/mol. The first kappa shape index (κ1) is 20.7. The molecule has 1 saturated heterocycles. The Bertz CT molecular complexity index is 1000. The maximum absolute atomic E-state index is 13.2. The van der Waals surface area contributed by atoms with E-state index in [1.54, 1.807) is 4.90 Å². The molecule has 0 unspecified atom stereocenters. The molecule has 8 nitrogen and oxygen atoms in total. The van der Waals surface area contributed by atoms with Gasteiger partial charge in [-0.1, -0.05) is 40.7 Å². The summed E-state index contributed by atoms with van der Waals surface area (Å²) in [4.78, 5) is 6.08. The molecule has 0 amide bonds. The van der Waals surface area contributed by atoms with Crippen molar-refractivity contribution in [1.29, 1.82) is 0 Å². The van der Waals surface area contributed by atoms with Gasteiger partial charge in [-0.25, -0.2) is 0 Å². The number of morpholine rings is 1. The number of halogens is 3. The van der Waals surface area contributed by atoms with Crippen LogP contribution in [0.25, 0.3) is 11.4 Å². The molecule has 30 heavy (non-hydrogen) atoms. The zero-order valence-electron chi connectivity index (χ0n) is 16.1. The first-order valence-electron chi connectivity index (χ1n) is 9.24. The number of anilines is 1. The molecule has 160 valence electrons. The van der Waals surface area contributed by atoms with Gasteiger partial charge in [-0.15, -0.1) is 10.2 Å². The van der Waals surface area contributed by atoms with Gasteiger partial charge in [-0.05, 0) is 13.0 Å². The topological polar surface area (TPSA) is 82.1 Å². The molecule has 3 aromatic rings. The third-order valence-electron chi connectivity index (χ3n) is 4.40. The largest absolute Gasteiger partial charge is 0.406 e. The molecular weight excluding hydrogens is 421 g/mol. The normalized spacial score (nSPS) is 15.0. The maximum atomic E-state index is 13.2. The van der Waals surface area contributed by atoms with E-state index in [1.807, 2.05) is 31.2 Å². The van der Waals surface area contributed by atoms with Crippen LogP contribution < -0.4 is 4.90 Å². The van der Waals surface area contributed by atoms with Crippen molar-refractivity contribution >= 4 is 17.7 Å². The quantitative estimate of drug-likeness (QED) is 0.540. The van der Waals surface area contributed by atoms with Crippen LogP contribution in [0.1, 0.15) is 11.5 Å². The van der Waals surface area contributed by atoms with Crippen molar-refractivity contribution in [2.45, 2.75) is 30.6 Å². The first-order valence-corrected chi connectivity index (χ1v) is 10.2. The Balaban J connectivity index is 1.51. The summed E-state index contributed by atoms with van der Waals surface area (Å²) in [5.74, 6) is 1.09. The fourth-order valence-electron chi connectivity index (χ4n) is 3.04. The van der Waals surface area contributed by atoms with Gasteiger partial charge in [0, 0.05) is 18.7 Å². The number of rotatable bonds is 6. The summed E-state index contributed by atoms with van der Waals surface area (Å²) in [7, 11) is 0. The van der Waals surface area contributed by atoms with E-state index >= 15 is 0 Å². The zero-order valence-corrected chi connectivity index (χ0v) is 16.9. The van der Waals surface area contributed by atoms with E-state index in [2.05, 4.69) is 20.3 Å². The van der Waals surface area contributed by atoms with Crippen molar-refractivity contribution < 1.29 is 22.4 Å². The van der Waals surface area contributed by atoms with E-state index in [9.17, 15) is 13.2 Å². The Morgan fingerprint density at radius 3 is 2.70 bits per heavy atom. The molecule has 0 N–H and O–H groups in total. The SMILES string of the molecule is Cc1cccc(-c2noc(CSc3nnc(N4CCOCC4)n3CC(F)(F)F)n2)c1. The minimum absolute atomic E-state index is 0.143. The van der Waals surface area contributed by atoms with Crippen molar-refractivity contribution in [3.63, 3.8) is 0 Å². The van der Waals surface area contributed by atoms with Crippen LogP contribution in [0, 0.1) is 6.92 Å². The number of ether oxygens (including phenoxy) is 1. The second-order valence-corrected chi connectivity index (χ2v) is 7.70. The summed E-state index contributed by atoms with van der Waals surface area (Å²) in [5.41, 5.74) is 1.87. The van der Waals surface area contributed by atoms with Crippen LogP contribution in [0.2, 0.25) is 0 Å². The average Bonchev–Trinajstić information content (AvgIpc) is 3.33. The minimum atomic E-state index is -4.40. The second kappa shape index (κ2) is 8.64. The Morgan fingerprint density at radius 1 is 1.17 bits per heavy atom. The fourth-order valence-corrected chi connectivity index (χ4v) is 3.81. The van der Waals surface area contributed by atoms with Crippen molar-refractivity contribution in [2.75, 3.05) is 31.2 Å².